The Morgan fingerprint density at radius 2 is 2.00 bits per heavy atom. The number of hydrogen-bond donors (Lipinski definition) is 0. The number of methoxy groups -OCH3 is 2. The minimum atomic E-state index is -0.540. The molecule has 0 saturated carbocycles. The lowest BCUT2D eigenvalue weighted by Crippen LogP contribution is -2.04. The summed E-state index contributed by atoms with van der Waals surface area (Å²) >= 11 is 6.09. The van der Waals surface area contributed by atoms with Crippen LogP contribution in [0, 0.1) is 0 Å². The predicted octanol–water partition coefficient (Wildman–Crippen LogP) is 2.11. The SMILES string of the molecule is CCOC(=O)c1cn(-c2cc(Cl)c(OC)cc2OC)nn1. The van der Waals surface area contributed by atoms with E-state index in [1.54, 1.807) is 19.1 Å². The Morgan fingerprint density at radius 3 is 2.62 bits per heavy atom. The minimum Gasteiger partial charge on any atom is -0.495 e. The molecule has 2 aromatic rings. The van der Waals surface area contributed by atoms with E-state index in [0.717, 1.165) is 0 Å². The molecule has 1 heterocycles. The molecule has 0 fully saturated rings. The Labute approximate surface area is 126 Å². The van der Waals surface area contributed by atoms with Gasteiger partial charge in [-0.15, -0.1) is 5.10 Å². The van der Waals surface area contributed by atoms with E-state index in [-0.39, 0.29) is 12.3 Å². The largest absolute Gasteiger partial charge is 0.495 e. The van der Waals surface area contributed by atoms with E-state index in [4.69, 9.17) is 25.8 Å². The lowest BCUT2D eigenvalue weighted by Gasteiger charge is -2.11. The van der Waals surface area contributed by atoms with Crippen molar-refractivity contribution >= 4 is 17.6 Å². The van der Waals surface area contributed by atoms with Crippen molar-refractivity contribution in [1.29, 1.82) is 0 Å². The number of ether oxygens (including phenoxy) is 3. The van der Waals surface area contributed by atoms with Gasteiger partial charge < -0.3 is 14.2 Å². The van der Waals surface area contributed by atoms with Gasteiger partial charge in [0.25, 0.3) is 0 Å². The average molecular weight is 312 g/mol. The molecule has 1 aromatic heterocycles. The molecule has 0 amide bonds. The maximum Gasteiger partial charge on any atom is 0.360 e. The zero-order valence-electron chi connectivity index (χ0n) is 11.8. The second-order valence-electron chi connectivity index (χ2n) is 3.93. The van der Waals surface area contributed by atoms with Crippen LogP contribution in [-0.2, 0) is 4.74 Å². The fourth-order valence-electron chi connectivity index (χ4n) is 1.70. The molecule has 21 heavy (non-hydrogen) atoms. The second kappa shape index (κ2) is 6.45. The van der Waals surface area contributed by atoms with Gasteiger partial charge in [0.15, 0.2) is 5.69 Å². The van der Waals surface area contributed by atoms with E-state index in [2.05, 4.69) is 10.3 Å². The number of carbonyl (C=O) groups excluding carboxylic acids is 1. The van der Waals surface area contributed by atoms with Crippen LogP contribution in [0.2, 0.25) is 5.02 Å². The lowest BCUT2D eigenvalue weighted by atomic mass is 10.2. The highest BCUT2D eigenvalue weighted by Crippen LogP contribution is 2.34. The van der Waals surface area contributed by atoms with Crippen molar-refractivity contribution in [1.82, 2.24) is 15.0 Å². The summed E-state index contributed by atoms with van der Waals surface area (Å²) in [7, 11) is 3.02. The molecular weight excluding hydrogens is 298 g/mol. The van der Waals surface area contributed by atoms with Gasteiger partial charge in [-0.3, -0.25) is 0 Å². The summed E-state index contributed by atoms with van der Waals surface area (Å²) in [6.07, 6.45) is 1.44. The first-order valence-corrected chi connectivity index (χ1v) is 6.49. The number of nitrogens with zero attached hydrogens (tertiary/aromatic N) is 3. The van der Waals surface area contributed by atoms with E-state index in [1.165, 1.54) is 25.1 Å². The van der Waals surface area contributed by atoms with Crippen molar-refractivity contribution < 1.29 is 19.0 Å². The van der Waals surface area contributed by atoms with Crippen LogP contribution in [0.5, 0.6) is 11.5 Å². The molecule has 2 rings (SSSR count). The van der Waals surface area contributed by atoms with Crippen LogP contribution in [0.4, 0.5) is 0 Å². The summed E-state index contributed by atoms with van der Waals surface area (Å²) in [5, 5.41) is 8.04. The first kappa shape index (κ1) is 15.1. The van der Waals surface area contributed by atoms with Crippen molar-refractivity contribution in [2.24, 2.45) is 0 Å². The number of esters is 1. The van der Waals surface area contributed by atoms with Gasteiger partial charge in [-0.25, -0.2) is 9.48 Å². The number of aromatic nitrogens is 3. The van der Waals surface area contributed by atoms with Crippen LogP contribution >= 0.6 is 11.6 Å². The summed E-state index contributed by atoms with van der Waals surface area (Å²) in [5.41, 5.74) is 0.636. The number of rotatable bonds is 5. The predicted molar refractivity (Wildman–Crippen MR) is 75.4 cm³/mol. The third-order valence-corrected chi connectivity index (χ3v) is 2.97. The molecule has 0 spiro atoms. The fourth-order valence-corrected chi connectivity index (χ4v) is 1.94. The summed E-state index contributed by atoms with van der Waals surface area (Å²) in [6.45, 7) is 1.98. The van der Waals surface area contributed by atoms with Crippen molar-refractivity contribution in [3.63, 3.8) is 0 Å². The smallest absolute Gasteiger partial charge is 0.360 e. The molecule has 8 heteroatoms. The molecule has 0 aliphatic heterocycles. The standard InChI is InChI=1S/C13H14ClN3O4/c1-4-21-13(18)9-7-17(16-15-9)10-5-8(14)11(19-2)6-12(10)20-3/h5-7H,4H2,1-3H3. The van der Waals surface area contributed by atoms with Crippen molar-refractivity contribution in [2.75, 3.05) is 20.8 Å². The minimum absolute atomic E-state index is 0.103. The molecule has 0 atom stereocenters. The Kier molecular flexibility index (Phi) is 4.64. The summed E-state index contributed by atoms with van der Waals surface area (Å²) in [6, 6.07) is 3.24. The van der Waals surface area contributed by atoms with E-state index < -0.39 is 5.97 Å². The maximum atomic E-state index is 11.6. The summed E-state index contributed by atoms with van der Waals surface area (Å²) in [5.74, 6) is 0.418. The van der Waals surface area contributed by atoms with Crippen LogP contribution < -0.4 is 9.47 Å². The zero-order valence-corrected chi connectivity index (χ0v) is 12.5. The molecule has 112 valence electrons. The van der Waals surface area contributed by atoms with Crippen molar-refractivity contribution in [3.8, 4) is 17.2 Å². The van der Waals surface area contributed by atoms with E-state index in [9.17, 15) is 4.79 Å². The molecule has 0 saturated heterocycles. The summed E-state index contributed by atoms with van der Waals surface area (Å²) in [4.78, 5) is 11.6. The topological polar surface area (TPSA) is 75.5 Å². The number of halogens is 1. The van der Waals surface area contributed by atoms with Crippen LogP contribution in [0.1, 0.15) is 17.4 Å². The van der Waals surface area contributed by atoms with Gasteiger partial charge in [-0.1, -0.05) is 16.8 Å². The van der Waals surface area contributed by atoms with Crippen LogP contribution in [0.15, 0.2) is 18.3 Å². The molecule has 0 aliphatic carbocycles. The number of hydrogen-bond acceptors (Lipinski definition) is 6. The summed E-state index contributed by atoms with van der Waals surface area (Å²) < 4.78 is 16.6. The van der Waals surface area contributed by atoms with Crippen LogP contribution in [-0.4, -0.2) is 41.8 Å². The first-order valence-electron chi connectivity index (χ1n) is 6.12. The van der Waals surface area contributed by atoms with E-state index in [1.807, 2.05) is 0 Å². The fraction of sp³-hybridized carbons (Fsp3) is 0.308. The highest BCUT2D eigenvalue weighted by atomic mass is 35.5. The van der Waals surface area contributed by atoms with E-state index in [0.29, 0.717) is 22.2 Å². The monoisotopic (exact) mass is 311 g/mol. The highest BCUT2D eigenvalue weighted by Gasteiger charge is 2.16. The van der Waals surface area contributed by atoms with Crippen molar-refractivity contribution in [2.45, 2.75) is 6.92 Å². The molecule has 0 aliphatic rings. The Hall–Kier alpha value is -2.28. The number of benzene rings is 1. The molecule has 0 radical (unpaired) electrons. The van der Waals surface area contributed by atoms with Crippen LogP contribution in [0.3, 0.4) is 0 Å². The average Bonchev–Trinajstić information content (AvgIpc) is 2.97. The third kappa shape index (κ3) is 3.08. The van der Waals surface area contributed by atoms with Gasteiger partial charge in [0.2, 0.25) is 0 Å². The third-order valence-electron chi connectivity index (χ3n) is 2.68. The molecular formula is C13H14ClN3O4. The zero-order chi connectivity index (χ0) is 15.4. The molecule has 1 aromatic carbocycles. The quantitative estimate of drug-likeness (QED) is 0.787. The highest BCUT2D eigenvalue weighted by molar-refractivity contribution is 6.32. The van der Waals surface area contributed by atoms with E-state index >= 15 is 0 Å². The molecule has 0 unspecified atom stereocenters. The Balaban J connectivity index is 2.42. The Bertz CT molecular complexity index is 657. The first-order chi connectivity index (χ1) is 10.1. The molecule has 0 bridgehead atoms. The van der Waals surface area contributed by atoms with Gasteiger partial charge in [0.1, 0.15) is 17.2 Å². The van der Waals surface area contributed by atoms with Gasteiger partial charge in [0.05, 0.1) is 32.0 Å². The van der Waals surface area contributed by atoms with Gasteiger partial charge in [-0.2, -0.15) is 0 Å². The van der Waals surface area contributed by atoms with Gasteiger partial charge >= 0.3 is 5.97 Å². The maximum absolute atomic E-state index is 11.6. The molecule has 0 N–H and O–H groups in total. The number of carbonyl (C=O) groups is 1. The van der Waals surface area contributed by atoms with Crippen molar-refractivity contribution in [3.05, 3.63) is 29.0 Å². The molecule has 7 nitrogen and oxygen atoms in total. The van der Waals surface area contributed by atoms with Gasteiger partial charge in [-0.05, 0) is 13.0 Å². The van der Waals surface area contributed by atoms with Gasteiger partial charge in [0, 0.05) is 6.07 Å². The normalized spacial score (nSPS) is 10.3. The lowest BCUT2D eigenvalue weighted by molar-refractivity contribution is 0.0519. The van der Waals surface area contributed by atoms with Crippen LogP contribution in [0.25, 0.3) is 5.69 Å². The Morgan fingerprint density at radius 1 is 1.29 bits per heavy atom. The second-order valence-corrected chi connectivity index (χ2v) is 4.33.